The lowest BCUT2D eigenvalue weighted by Gasteiger charge is -2.23. The van der Waals surface area contributed by atoms with Crippen LogP contribution < -0.4 is 9.80 Å². The highest BCUT2D eigenvalue weighted by atomic mass is 16.2. The predicted octanol–water partition coefficient (Wildman–Crippen LogP) is 3.19. The molecular weight excluding hydrogens is 300 g/mol. The fourth-order valence-electron chi connectivity index (χ4n) is 3.88. The number of nitrogens with zero attached hydrogens (tertiary/aromatic N) is 2. The van der Waals surface area contributed by atoms with Gasteiger partial charge in [-0.1, -0.05) is 18.2 Å². The molecule has 2 aliphatic heterocycles. The Balaban J connectivity index is 1.68. The fourth-order valence-corrected chi connectivity index (χ4v) is 3.88. The zero-order valence-corrected chi connectivity index (χ0v) is 14.0. The summed E-state index contributed by atoms with van der Waals surface area (Å²) in [6.45, 7) is 4.37. The van der Waals surface area contributed by atoms with Crippen LogP contribution in [0, 0.1) is 0 Å². The van der Waals surface area contributed by atoms with Crippen LogP contribution in [0.4, 0.5) is 11.4 Å². The Kier molecular flexibility index (Phi) is 3.41. The van der Waals surface area contributed by atoms with Gasteiger partial charge < -0.3 is 9.80 Å². The number of hydrogen-bond donors (Lipinski definition) is 0. The van der Waals surface area contributed by atoms with Gasteiger partial charge in [-0.3, -0.25) is 9.59 Å². The van der Waals surface area contributed by atoms with Crippen molar-refractivity contribution in [1.29, 1.82) is 0 Å². The topological polar surface area (TPSA) is 40.6 Å². The molecule has 0 aliphatic carbocycles. The second kappa shape index (κ2) is 5.48. The summed E-state index contributed by atoms with van der Waals surface area (Å²) in [5.41, 5.74) is 4.95. The average molecular weight is 320 g/mol. The first-order valence-corrected chi connectivity index (χ1v) is 8.39. The fraction of sp³-hybridized carbons (Fsp3) is 0.300. The summed E-state index contributed by atoms with van der Waals surface area (Å²) >= 11 is 0. The van der Waals surface area contributed by atoms with Crippen LogP contribution in [-0.4, -0.2) is 24.4 Å². The third-order valence-corrected chi connectivity index (χ3v) is 5.03. The monoisotopic (exact) mass is 320 g/mol. The first-order chi connectivity index (χ1) is 11.6. The Bertz CT molecular complexity index is 843. The van der Waals surface area contributed by atoms with E-state index in [1.807, 2.05) is 41.3 Å². The van der Waals surface area contributed by atoms with Crippen LogP contribution in [0.5, 0.6) is 0 Å². The van der Waals surface area contributed by atoms with Crippen molar-refractivity contribution < 1.29 is 9.59 Å². The van der Waals surface area contributed by atoms with Gasteiger partial charge in [0, 0.05) is 36.4 Å². The molecule has 2 aromatic rings. The molecule has 1 unspecified atom stereocenters. The lowest BCUT2D eigenvalue weighted by Crippen LogP contribution is -2.35. The van der Waals surface area contributed by atoms with Crippen molar-refractivity contribution in [1.82, 2.24) is 0 Å². The van der Waals surface area contributed by atoms with Crippen molar-refractivity contribution >= 4 is 23.2 Å². The molecule has 2 amide bonds. The summed E-state index contributed by atoms with van der Waals surface area (Å²) in [6.07, 6.45) is 1.70. The quantitative estimate of drug-likeness (QED) is 0.809. The Morgan fingerprint density at radius 3 is 2.62 bits per heavy atom. The standard InChI is InChI=1S/C20H20N2O2/c1-13-11-15-5-3-4-6-19(15)22(13)20(24)17-7-8-18-16(12-17)9-10-21(18)14(2)23/h3-8,12-13H,9-11H2,1-2H3. The van der Waals surface area contributed by atoms with Crippen molar-refractivity contribution in [2.24, 2.45) is 0 Å². The molecule has 0 N–H and O–H groups in total. The van der Waals surface area contributed by atoms with Gasteiger partial charge in [0.1, 0.15) is 0 Å². The smallest absolute Gasteiger partial charge is 0.258 e. The van der Waals surface area contributed by atoms with Gasteiger partial charge in [0.2, 0.25) is 5.91 Å². The zero-order valence-electron chi connectivity index (χ0n) is 14.0. The number of rotatable bonds is 1. The van der Waals surface area contributed by atoms with E-state index in [2.05, 4.69) is 13.0 Å². The third-order valence-electron chi connectivity index (χ3n) is 5.03. The van der Waals surface area contributed by atoms with Crippen LogP contribution in [0.15, 0.2) is 42.5 Å². The second-order valence-corrected chi connectivity index (χ2v) is 6.62. The molecule has 0 saturated heterocycles. The molecule has 4 rings (SSSR count). The van der Waals surface area contributed by atoms with E-state index >= 15 is 0 Å². The molecule has 0 saturated carbocycles. The van der Waals surface area contributed by atoms with Crippen LogP contribution in [0.1, 0.15) is 35.3 Å². The van der Waals surface area contributed by atoms with Crippen LogP contribution in [0.2, 0.25) is 0 Å². The molecule has 2 aliphatic rings. The van der Waals surface area contributed by atoms with Gasteiger partial charge in [-0.2, -0.15) is 0 Å². The normalized spacial score (nSPS) is 18.5. The van der Waals surface area contributed by atoms with E-state index in [0.29, 0.717) is 12.1 Å². The van der Waals surface area contributed by atoms with Crippen molar-refractivity contribution in [3.63, 3.8) is 0 Å². The van der Waals surface area contributed by atoms with E-state index < -0.39 is 0 Å². The number of hydrogen-bond acceptors (Lipinski definition) is 2. The van der Waals surface area contributed by atoms with E-state index in [-0.39, 0.29) is 17.9 Å². The summed E-state index contributed by atoms with van der Waals surface area (Å²) in [5, 5.41) is 0. The van der Waals surface area contributed by atoms with Crippen molar-refractivity contribution in [2.75, 3.05) is 16.3 Å². The Morgan fingerprint density at radius 1 is 1.04 bits per heavy atom. The van der Waals surface area contributed by atoms with Gasteiger partial charge in [0.15, 0.2) is 0 Å². The van der Waals surface area contributed by atoms with Crippen LogP contribution in [0.25, 0.3) is 0 Å². The molecule has 122 valence electrons. The SMILES string of the molecule is CC(=O)N1CCc2cc(C(=O)N3c4ccccc4CC3C)ccc21. The molecule has 4 heteroatoms. The zero-order chi connectivity index (χ0) is 16.8. The number of benzene rings is 2. The van der Waals surface area contributed by atoms with E-state index in [4.69, 9.17) is 0 Å². The second-order valence-electron chi connectivity index (χ2n) is 6.62. The van der Waals surface area contributed by atoms with Crippen molar-refractivity contribution in [3.8, 4) is 0 Å². The molecule has 0 radical (unpaired) electrons. The number of para-hydroxylation sites is 1. The van der Waals surface area contributed by atoms with Gasteiger partial charge in [0.05, 0.1) is 0 Å². The number of anilines is 2. The minimum absolute atomic E-state index is 0.0384. The molecule has 2 aromatic carbocycles. The maximum atomic E-state index is 13.1. The molecule has 1 atom stereocenters. The molecule has 4 nitrogen and oxygen atoms in total. The van der Waals surface area contributed by atoms with E-state index in [9.17, 15) is 9.59 Å². The van der Waals surface area contributed by atoms with Crippen molar-refractivity contribution in [3.05, 3.63) is 59.2 Å². The summed E-state index contributed by atoms with van der Waals surface area (Å²) in [6, 6.07) is 14.0. The number of amides is 2. The van der Waals surface area contributed by atoms with Crippen LogP contribution >= 0.6 is 0 Å². The first kappa shape index (κ1) is 14.9. The molecule has 0 aromatic heterocycles. The minimum Gasteiger partial charge on any atom is -0.312 e. The van der Waals surface area contributed by atoms with Gasteiger partial charge in [-0.25, -0.2) is 0 Å². The lowest BCUT2D eigenvalue weighted by atomic mass is 10.1. The number of carbonyl (C=O) groups excluding carboxylic acids is 2. The van der Waals surface area contributed by atoms with Gasteiger partial charge >= 0.3 is 0 Å². The molecule has 0 spiro atoms. The summed E-state index contributed by atoms with van der Waals surface area (Å²) < 4.78 is 0. The molecule has 0 fully saturated rings. The maximum Gasteiger partial charge on any atom is 0.258 e. The molecular formula is C20H20N2O2. The van der Waals surface area contributed by atoms with Crippen LogP contribution in [0.3, 0.4) is 0 Å². The van der Waals surface area contributed by atoms with E-state index in [1.54, 1.807) is 11.8 Å². The van der Waals surface area contributed by atoms with Crippen molar-refractivity contribution in [2.45, 2.75) is 32.7 Å². The third kappa shape index (κ3) is 2.21. The predicted molar refractivity (Wildman–Crippen MR) is 94.6 cm³/mol. The maximum absolute atomic E-state index is 13.1. The Labute approximate surface area is 141 Å². The largest absolute Gasteiger partial charge is 0.312 e. The first-order valence-electron chi connectivity index (χ1n) is 8.39. The average Bonchev–Trinajstić information content (AvgIpc) is 3.13. The van der Waals surface area contributed by atoms with Gasteiger partial charge in [0.25, 0.3) is 5.91 Å². The highest BCUT2D eigenvalue weighted by Crippen LogP contribution is 2.34. The lowest BCUT2D eigenvalue weighted by molar-refractivity contribution is -0.116. The summed E-state index contributed by atoms with van der Waals surface area (Å²) in [5.74, 6) is 0.0893. The van der Waals surface area contributed by atoms with Gasteiger partial charge in [-0.05, 0) is 55.2 Å². The summed E-state index contributed by atoms with van der Waals surface area (Å²) in [7, 11) is 0. The van der Waals surface area contributed by atoms with Crippen LogP contribution in [-0.2, 0) is 17.6 Å². The molecule has 2 heterocycles. The Morgan fingerprint density at radius 2 is 1.83 bits per heavy atom. The van der Waals surface area contributed by atoms with E-state index in [0.717, 1.165) is 29.8 Å². The highest BCUT2D eigenvalue weighted by Gasteiger charge is 2.32. The molecule has 24 heavy (non-hydrogen) atoms. The number of fused-ring (bicyclic) bond motifs is 2. The molecule has 0 bridgehead atoms. The number of carbonyl (C=O) groups is 2. The Hall–Kier alpha value is -2.62. The van der Waals surface area contributed by atoms with Gasteiger partial charge in [-0.15, -0.1) is 0 Å². The minimum atomic E-state index is 0.0384. The summed E-state index contributed by atoms with van der Waals surface area (Å²) in [4.78, 5) is 28.4. The van der Waals surface area contributed by atoms with E-state index in [1.165, 1.54) is 5.56 Å². The highest BCUT2D eigenvalue weighted by molar-refractivity contribution is 6.08.